The first kappa shape index (κ1) is 51.7. The van der Waals surface area contributed by atoms with E-state index in [9.17, 15) is 35.4 Å². The van der Waals surface area contributed by atoms with Crippen LogP contribution in [0.4, 0.5) is 4.79 Å². The number of ether oxygens (including phenoxy) is 7. The van der Waals surface area contributed by atoms with Crippen LogP contribution in [0.5, 0.6) is 0 Å². The Hall–Kier alpha value is -1.37. The van der Waals surface area contributed by atoms with E-state index in [0.29, 0.717) is 66.0 Å². The zero-order chi connectivity index (χ0) is 38.9. The Labute approximate surface area is 301 Å². The van der Waals surface area contributed by atoms with Crippen LogP contribution in [0, 0.1) is 0 Å². The van der Waals surface area contributed by atoms with E-state index in [2.05, 4.69) is 5.32 Å². The first-order chi connectivity index (χ1) is 24.3. The SMILES string of the molecule is CC(C)(C)OC(=O)NCCOCCOCCOCCOCCOCCOCCN(CC(O)C(O)C(O)CCO)CC(O)C(O)C(O)CCO.CO. The van der Waals surface area contributed by atoms with Gasteiger partial charge in [-0.25, -0.2) is 4.79 Å². The van der Waals surface area contributed by atoms with Gasteiger partial charge in [-0.15, -0.1) is 0 Å². The fraction of sp³-hybridized carbons (Fsp3) is 0.969. The number of aliphatic hydroxyl groups excluding tert-OH is 9. The van der Waals surface area contributed by atoms with E-state index in [0.717, 1.165) is 7.11 Å². The lowest BCUT2D eigenvalue weighted by Crippen LogP contribution is -2.50. The Bertz CT molecular complexity index is 742. The number of hydrogen-bond acceptors (Lipinski definition) is 18. The summed E-state index contributed by atoms with van der Waals surface area (Å²) in [5.41, 5.74) is -0.541. The molecule has 0 saturated heterocycles. The van der Waals surface area contributed by atoms with E-state index in [4.69, 9.17) is 48.5 Å². The van der Waals surface area contributed by atoms with Gasteiger partial charge < -0.3 is 84.4 Å². The molecule has 0 aliphatic rings. The highest BCUT2D eigenvalue weighted by Crippen LogP contribution is 2.10. The number of carbonyl (C=O) groups is 1. The molecule has 308 valence electrons. The molecule has 0 aliphatic carbocycles. The summed E-state index contributed by atoms with van der Waals surface area (Å²) in [6.45, 7) is 8.84. The summed E-state index contributed by atoms with van der Waals surface area (Å²) in [6.07, 6.45) is -9.46. The molecule has 1 amide bonds. The van der Waals surface area contributed by atoms with Gasteiger partial charge in [0, 0.05) is 46.5 Å². The van der Waals surface area contributed by atoms with Gasteiger partial charge in [0.1, 0.15) is 17.8 Å². The van der Waals surface area contributed by atoms with E-state index in [1.54, 1.807) is 20.8 Å². The molecule has 19 heteroatoms. The molecule has 6 unspecified atom stereocenters. The Morgan fingerprint density at radius 3 is 1.24 bits per heavy atom. The smallest absolute Gasteiger partial charge is 0.407 e. The van der Waals surface area contributed by atoms with Gasteiger partial charge >= 0.3 is 6.09 Å². The second-order valence-electron chi connectivity index (χ2n) is 12.1. The minimum Gasteiger partial charge on any atom is -0.444 e. The van der Waals surface area contributed by atoms with Crippen LogP contribution >= 0.6 is 0 Å². The number of rotatable bonds is 33. The van der Waals surface area contributed by atoms with Crippen molar-refractivity contribution in [2.24, 2.45) is 0 Å². The fourth-order valence-corrected chi connectivity index (χ4v) is 4.06. The monoisotopic (exact) mass is 752 g/mol. The zero-order valence-electron chi connectivity index (χ0n) is 30.8. The number of carbonyl (C=O) groups excluding carboxylic acids is 1. The van der Waals surface area contributed by atoms with Gasteiger partial charge in [-0.3, -0.25) is 4.90 Å². The quantitative estimate of drug-likeness (QED) is 0.0291. The lowest BCUT2D eigenvalue weighted by Gasteiger charge is -2.32. The molecule has 0 saturated carbocycles. The van der Waals surface area contributed by atoms with Gasteiger partial charge in [0.05, 0.1) is 104 Å². The van der Waals surface area contributed by atoms with Gasteiger partial charge in [0.25, 0.3) is 0 Å². The second-order valence-corrected chi connectivity index (χ2v) is 12.1. The number of hydrogen-bond donors (Lipinski definition) is 10. The van der Waals surface area contributed by atoms with Crippen LogP contribution in [0.1, 0.15) is 33.6 Å². The molecule has 0 bridgehead atoms. The lowest BCUT2D eigenvalue weighted by atomic mass is 10.0. The molecule has 0 aromatic rings. The van der Waals surface area contributed by atoms with Crippen LogP contribution in [0.15, 0.2) is 0 Å². The van der Waals surface area contributed by atoms with Crippen molar-refractivity contribution < 1.29 is 83.9 Å². The van der Waals surface area contributed by atoms with Gasteiger partial charge in [-0.1, -0.05) is 0 Å². The van der Waals surface area contributed by atoms with Crippen molar-refractivity contribution in [3.8, 4) is 0 Å². The average Bonchev–Trinajstić information content (AvgIpc) is 3.08. The molecule has 0 aromatic carbocycles. The number of nitrogens with one attached hydrogen (secondary N) is 1. The predicted molar refractivity (Wildman–Crippen MR) is 183 cm³/mol. The van der Waals surface area contributed by atoms with E-state index in [-0.39, 0.29) is 65.5 Å². The minimum absolute atomic E-state index is 0.136. The summed E-state index contributed by atoms with van der Waals surface area (Å²) in [6, 6.07) is 0. The Morgan fingerprint density at radius 2 is 0.902 bits per heavy atom. The molecule has 0 rings (SSSR count). The van der Waals surface area contributed by atoms with Gasteiger partial charge in [-0.05, 0) is 33.6 Å². The molecule has 51 heavy (non-hydrogen) atoms. The maximum atomic E-state index is 11.5. The van der Waals surface area contributed by atoms with Crippen molar-refractivity contribution in [3.05, 3.63) is 0 Å². The number of alkyl carbamates (subject to hydrolysis) is 1. The molecule has 6 atom stereocenters. The van der Waals surface area contributed by atoms with E-state index in [1.165, 1.54) is 4.90 Å². The van der Waals surface area contributed by atoms with Crippen molar-refractivity contribution in [2.45, 2.75) is 75.8 Å². The third kappa shape index (κ3) is 31.8. The number of amides is 1. The van der Waals surface area contributed by atoms with Crippen molar-refractivity contribution in [3.63, 3.8) is 0 Å². The Morgan fingerprint density at radius 1 is 0.569 bits per heavy atom. The largest absolute Gasteiger partial charge is 0.444 e. The second kappa shape index (κ2) is 34.4. The highest BCUT2D eigenvalue weighted by Gasteiger charge is 2.30. The fourth-order valence-electron chi connectivity index (χ4n) is 4.06. The van der Waals surface area contributed by atoms with Crippen LogP contribution in [0.3, 0.4) is 0 Å². The van der Waals surface area contributed by atoms with Gasteiger partial charge in [0.15, 0.2) is 0 Å². The Kier molecular flexibility index (Phi) is 34.9. The minimum atomic E-state index is -1.56. The molecule has 0 heterocycles. The standard InChI is InChI=1S/C31H64N2O16.CH4O/c1-31(2,3)49-30(42)32-6-10-43-12-14-45-16-18-47-20-21-48-19-17-46-15-13-44-11-7-33(22-26(38)28(40)24(36)4-8-34)23-27(39)29(41)25(37)5-9-35;1-2/h24-29,34-41H,4-23H2,1-3H3,(H,32,42);2H,1H3. The van der Waals surface area contributed by atoms with Crippen LogP contribution in [0.2, 0.25) is 0 Å². The third-order valence-electron chi connectivity index (χ3n) is 6.64. The lowest BCUT2D eigenvalue weighted by molar-refractivity contribution is -0.0945. The normalized spacial score (nSPS) is 15.4. The highest BCUT2D eigenvalue weighted by molar-refractivity contribution is 5.67. The molecule has 10 N–H and O–H groups in total. The molecular weight excluding hydrogens is 684 g/mol. The van der Waals surface area contributed by atoms with Crippen molar-refractivity contribution in [2.75, 3.05) is 126 Å². The maximum Gasteiger partial charge on any atom is 0.407 e. The van der Waals surface area contributed by atoms with Crippen molar-refractivity contribution in [1.82, 2.24) is 10.2 Å². The van der Waals surface area contributed by atoms with E-state index >= 15 is 0 Å². The predicted octanol–water partition coefficient (Wildman–Crippen LogP) is -3.55. The molecule has 0 fully saturated rings. The van der Waals surface area contributed by atoms with Crippen LogP contribution in [-0.4, -0.2) is 225 Å². The summed E-state index contributed by atoms with van der Waals surface area (Å²) in [7, 11) is 1.00. The Balaban J connectivity index is 0. The van der Waals surface area contributed by atoms with Crippen LogP contribution < -0.4 is 5.32 Å². The highest BCUT2D eigenvalue weighted by atomic mass is 16.6. The summed E-state index contributed by atoms with van der Waals surface area (Å²) >= 11 is 0. The summed E-state index contributed by atoms with van der Waals surface area (Å²) in [4.78, 5) is 13.0. The molecule has 0 radical (unpaired) electrons. The average molecular weight is 753 g/mol. The number of nitrogens with zero attached hydrogens (tertiary/aromatic N) is 1. The van der Waals surface area contributed by atoms with Crippen molar-refractivity contribution in [1.29, 1.82) is 0 Å². The number of aliphatic hydroxyl groups is 9. The topological polar surface area (TPSA) is 279 Å². The first-order valence-corrected chi connectivity index (χ1v) is 17.2. The van der Waals surface area contributed by atoms with E-state index in [1.807, 2.05) is 0 Å². The maximum absolute atomic E-state index is 11.5. The summed E-state index contributed by atoms with van der Waals surface area (Å²) in [5.74, 6) is 0. The molecule has 0 aromatic heterocycles. The van der Waals surface area contributed by atoms with Gasteiger partial charge in [-0.2, -0.15) is 0 Å². The van der Waals surface area contributed by atoms with Crippen LogP contribution in [-0.2, 0) is 33.2 Å². The molecular formula is C32H68N2O17. The van der Waals surface area contributed by atoms with E-state index < -0.39 is 48.3 Å². The first-order valence-electron chi connectivity index (χ1n) is 17.2. The zero-order valence-corrected chi connectivity index (χ0v) is 30.8. The van der Waals surface area contributed by atoms with Crippen LogP contribution in [0.25, 0.3) is 0 Å². The van der Waals surface area contributed by atoms with Crippen molar-refractivity contribution >= 4 is 6.09 Å². The third-order valence-corrected chi connectivity index (χ3v) is 6.64. The molecule has 19 nitrogen and oxygen atoms in total. The molecule has 0 aliphatic heterocycles. The summed E-state index contributed by atoms with van der Waals surface area (Å²) in [5, 5.41) is 88.3. The summed E-state index contributed by atoms with van der Waals surface area (Å²) < 4.78 is 37.8. The van der Waals surface area contributed by atoms with Gasteiger partial charge in [0.2, 0.25) is 0 Å². The molecule has 0 spiro atoms.